The molecule has 17 heavy (non-hydrogen) atoms. The van der Waals surface area contributed by atoms with Crippen LogP contribution in [0.4, 0.5) is 0 Å². The van der Waals surface area contributed by atoms with Gasteiger partial charge in [0.15, 0.2) is 0 Å². The summed E-state index contributed by atoms with van der Waals surface area (Å²) in [5, 5.41) is 0. The summed E-state index contributed by atoms with van der Waals surface area (Å²) in [6, 6.07) is 3.47. The number of thiophene rings is 1. The van der Waals surface area contributed by atoms with Gasteiger partial charge in [0.2, 0.25) is 0 Å². The molecule has 96 valence electrons. The van der Waals surface area contributed by atoms with Crippen molar-refractivity contribution in [3.05, 3.63) is 17.0 Å². The Bertz CT molecular complexity index is 460. The maximum absolute atomic E-state index is 12.4. The zero-order valence-electron chi connectivity index (χ0n) is 9.76. The van der Waals surface area contributed by atoms with E-state index in [1.807, 2.05) is 0 Å². The first-order chi connectivity index (χ1) is 8.14. The molecule has 1 saturated heterocycles. The monoisotopic (exact) mass is 274 g/mol. The predicted octanol–water partition coefficient (Wildman–Crippen LogP) is 1.77. The first-order valence-electron chi connectivity index (χ1n) is 5.93. The van der Waals surface area contributed by atoms with Crippen molar-refractivity contribution in [3.8, 4) is 0 Å². The molecule has 6 heteroatoms. The fourth-order valence-electron chi connectivity index (χ4n) is 2.02. The van der Waals surface area contributed by atoms with Gasteiger partial charge in [-0.05, 0) is 25.0 Å². The summed E-state index contributed by atoms with van der Waals surface area (Å²) < 4.78 is 26.8. The van der Waals surface area contributed by atoms with E-state index < -0.39 is 10.0 Å². The van der Waals surface area contributed by atoms with Crippen LogP contribution in [0.25, 0.3) is 0 Å². The molecule has 0 saturated carbocycles. The molecule has 1 aliphatic rings. The fraction of sp³-hybridized carbons (Fsp3) is 0.636. The predicted molar refractivity (Wildman–Crippen MR) is 69.4 cm³/mol. The lowest BCUT2D eigenvalue weighted by molar-refractivity contribution is 0.425. The highest BCUT2D eigenvalue weighted by atomic mass is 32.2. The number of hydrogen-bond donors (Lipinski definition) is 1. The van der Waals surface area contributed by atoms with Gasteiger partial charge in [0.25, 0.3) is 10.0 Å². The molecule has 1 fully saturated rings. The van der Waals surface area contributed by atoms with Crippen LogP contribution in [0.5, 0.6) is 0 Å². The van der Waals surface area contributed by atoms with Crippen LogP contribution in [0.1, 0.15) is 30.6 Å². The van der Waals surface area contributed by atoms with E-state index in [1.54, 1.807) is 16.4 Å². The van der Waals surface area contributed by atoms with Crippen molar-refractivity contribution in [2.45, 2.75) is 36.4 Å². The summed E-state index contributed by atoms with van der Waals surface area (Å²) in [6.07, 6.45) is 4.19. The molecule has 2 N–H and O–H groups in total. The smallest absolute Gasteiger partial charge is 0.252 e. The summed E-state index contributed by atoms with van der Waals surface area (Å²) in [7, 11) is -3.28. The van der Waals surface area contributed by atoms with E-state index in [9.17, 15) is 8.42 Å². The van der Waals surface area contributed by atoms with E-state index >= 15 is 0 Å². The van der Waals surface area contributed by atoms with Crippen LogP contribution in [0.3, 0.4) is 0 Å². The van der Waals surface area contributed by atoms with Crippen molar-refractivity contribution in [1.82, 2.24) is 4.31 Å². The molecular formula is C11H18N2O2S2. The second-order valence-electron chi connectivity index (χ2n) is 4.24. The van der Waals surface area contributed by atoms with Gasteiger partial charge in [-0.2, -0.15) is 4.31 Å². The lowest BCUT2D eigenvalue weighted by Gasteiger charge is -2.18. The Hall–Kier alpha value is -0.430. The Morgan fingerprint density at radius 3 is 2.35 bits per heavy atom. The van der Waals surface area contributed by atoms with Crippen LogP contribution < -0.4 is 5.73 Å². The molecular weight excluding hydrogens is 256 g/mol. The molecule has 0 bridgehead atoms. The van der Waals surface area contributed by atoms with Gasteiger partial charge in [-0.3, -0.25) is 0 Å². The Labute approximate surface area is 106 Å². The number of nitrogens with two attached hydrogens (primary N) is 1. The Morgan fingerprint density at radius 2 is 1.82 bits per heavy atom. The van der Waals surface area contributed by atoms with Gasteiger partial charge in [0, 0.05) is 24.5 Å². The molecule has 1 aliphatic heterocycles. The molecule has 2 heterocycles. The number of nitrogens with zero attached hydrogens (tertiary/aromatic N) is 1. The lowest BCUT2D eigenvalue weighted by atomic mass is 10.2. The van der Waals surface area contributed by atoms with Crippen LogP contribution in [-0.2, 0) is 16.6 Å². The van der Waals surface area contributed by atoms with Crippen LogP contribution in [-0.4, -0.2) is 25.8 Å². The number of rotatable bonds is 3. The van der Waals surface area contributed by atoms with Crippen molar-refractivity contribution >= 4 is 21.4 Å². The SMILES string of the molecule is NCc1ccc(S(=O)(=O)N2CCCCCC2)s1. The summed E-state index contributed by atoms with van der Waals surface area (Å²) in [5.41, 5.74) is 5.51. The third-order valence-corrected chi connectivity index (χ3v) is 6.47. The number of hydrogen-bond acceptors (Lipinski definition) is 4. The van der Waals surface area contributed by atoms with Crippen molar-refractivity contribution in [1.29, 1.82) is 0 Å². The van der Waals surface area contributed by atoms with E-state index in [-0.39, 0.29) is 0 Å². The van der Waals surface area contributed by atoms with E-state index in [2.05, 4.69) is 0 Å². The highest BCUT2D eigenvalue weighted by Gasteiger charge is 2.26. The van der Waals surface area contributed by atoms with Gasteiger partial charge in [0.05, 0.1) is 0 Å². The van der Waals surface area contributed by atoms with Crippen molar-refractivity contribution in [2.24, 2.45) is 5.73 Å². The second-order valence-corrected chi connectivity index (χ2v) is 7.58. The van der Waals surface area contributed by atoms with E-state index in [1.165, 1.54) is 11.3 Å². The number of sulfonamides is 1. The first kappa shape index (κ1) is 13.0. The van der Waals surface area contributed by atoms with Gasteiger partial charge in [0.1, 0.15) is 4.21 Å². The molecule has 1 aromatic rings. The second kappa shape index (κ2) is 5.48. The van der Waals surface area contributed by atoms with Gasteiger partial charge in [-0.1, -0.05) is 12.8 Å². The highest BCUT2D eigenvalue weighted by molar-refractivity contribution is 7.91. The van der Waals surface area contributed by atoms with E-state index in [4.69, 9.17) is 5.73 Å². The van der Waals surface area contributed by atoms with Gasteiger partial charge >= 0.3 is 0 Å². The molecule has 2 rings (SSSR count). The highest BCUT2D eigenvalue weighted by Crippen LogP contribution is 2.26. The normalized spacial score (nSPS) is 19.1. The van der Waals surface area contributed by atoms with E-state index in [0.29, 0.717) is 23.8 Å². The quantitative estimate of drug-likeness (QED) is 0.913. The molecule has 0 aromatic carbocycles. The Kier molecular flexibility index (Phi) is 4.19. The molecule has 0 spiro atoms. The van der Waals surface area contributed by atoms with Crippen molar-refractivity contribution in [3.63, 3.8) is 0 Å². The zero-order chi connectivity index (χ0) is 12.3. The van der Waals surface area contributed by atoms with Crippen molar-refractivity contribution < 1.29 is 8.42 Å². The molecule has 0 unspecified atom stereocenters. The van der Waals surface area contributed by atoms with Gasteiger partial charge in [-0.25, -0.2) is 8.42 Å². The minimum absolute atomic E-state index is 0.403. The Balaban J connectivity index is 2.22. The molecule has 4 nitrogen and oxygen atoms in total. The van der Waals surface area contributed by atoms with Gasteiger partial charge < -0.3 is 5.73 Å². The maximum atomic E-state index is 12.4. The Morgan fingerprint density at radius 1 is 1.18 bits per heavy atom. The first-order valence-corrected chi connectivity index (χ1v) is 8.19. The van der Waals surface area contributed by atoms with Crippen molar-refractivity contribution in [2.75, 3.05) is 13.1 Å². The zero-order valence-corrected chi connectivity index (χ0v) is 11.4. The van der Waals surface area contributed by atoms with Crippen LogP contribution in [0.15, 0.2) is 16.3 Å². The summed E-state index contributed by atoms with van der Waals surface area (Å²) in [6.45, 7) is 1.70. The largest absolute Gasteiger partial charge is 0.326 e. The fourth-order valence-corrected chi connectivity index (χ4v) is 4.92. The third kappa shape index (κ3) is 2.88. The van der Waals surface area contributed by atoms with Crippen LogP contribution in [0.2, 0.25) is 0 Å². The van der Waals surface area contributed by atoms with E-state index in [0.717, 1.165) is 30.6 Å². The standard InChI is InChI=1S/C11H18N2O2S2/c12-9-10-5-6-11(16-10)17(14,15)13-7-3-1-2-4-8-13/h5-6H,1-4,7-9,12H2. The van der Waals surface area contributed by atoms with Crippen LogP contribution in [0, 0.1) is 0 Å². The maximum Gasteiger partial charge on any atom is 0.252 e. The molecule has 0 atom stereocenters. The third-order valence-electron chi connectivity index (χ3n) is 3.00. The summed E-state index contributed by atoms with van der Waals surface area (Å²) >= 11 is 1.29. The summed E-state index contributed by atoms with van der Waals surface area (Å²) in [4.78, 5) is 0.915. The topological polar surface area (TPSA) is 63.4 Å². The minimum Gasteiger partial charge on any atom is -0.326 e. The van der Waals surface area contributed by atoms with Gasteiger partial charge in [-0.15, -0.1) is 11.3 Å². The molecule has 0 radical (unpaired) electrons. The average molecular weight is 274 g/mol. The average Bonchev–Trinajstić information content (AvgIpc) is 2.64. The molecule has 0 aliphatic carbocycles. The van der Waals surface area contributed by atoms with Crippen LogP contribution >= 0.6 is 11.3 Å². The lowest BCUT2D eigenvalue weighted by Crippen LogP contribution is -2.31. The minimum atomic E-state index is -3.28. The summed E-state index contributed by atoms with van der Waals surface area (Å²) in [5.74, 6) is 0. The molecule has 0 amide bonds. The molecule has 1 aromatic heterocycles.